The number of amides is 1. The van der Waals surface area contributed by atoms with Gasteiger partial charge in [-0.1, -0.05) is 74.1 Å². The Morgan fingerprint density at radius 1 is 0.917 bits per heavy atom. The fraction of sp³-hybridized carbons (Fsp3) is 0.333. The van der Waals surface area contributed by atoms with Crippen LogP contribution in [0.1, 0.15) is 69.2 Å². The highest BCUT2D eigenvalue weighted by atomic mass is 32.2. The molecule has 4 aromatic rings. The van der Waals surface area contributed by atoms with Crippen LogP contribution >= 0.6 is 23.1 Å². The topological polar surface area (TPSA) is 111 Å². The number of aliphatic hydroxyl groups excluding tert-OH is 1. The number of ketones is 1. The highest BCUT2D eigenvalue weighted by Crippen LogP contribution is 2.46. The maximum atomic E-state index is 14.2. The van der Waals surface area contributed by atoms with E-state index in [9.17, 15) is 19.1 Å². The molecule has 0 aliphatic carbocycles. The van der Waals surface area contributed by atoms with E-state index in [1.807, 2.05) is 6.92 Å². The third-order valence-electron chi connectivity index (χ3n) is 7.59. The molecule has 1 fully saturated rings. The summed E-state index contributed by atoms with van der Waals surface area (Å²) < 4.78 is 32.4. The van der Waals surface area contributed by atoms with Crippen LogP contribution in [-0.2, 0) is 15.3 Å². The number of rotatable bonds is 16. The van der Waals surface area contributed by atoms with Crippen molar-refractivity contribution in [3.8, 4) is 17.2 Å². The van der Waals surface area contributed by atoms with E-state index in [4.69, 9.17) is 14.2 Å². The zero-order chi connectivity index (χ0) is 34.0. The molecule has 5 rings (SSSR count). The van der Waals surface area contributed by atoms with Crippen molar-refractivity contribution in [1.29, 1.82) is 0 Å². The van der Waals surface area contributed by atoms with Crippen molar-refractivity contribution in [3.63, 3.8) is 0 Å². The summed E-state index contributed by atoms with van der Waals surface area (Å²) in [5.41, 5.74) is 1.27. The Balaban J connectivity index is 1.54. The van der Waals surface area contributed by atoms with Crippen molar-refractivity contribution in [3.05, 3.63) is 94.8 Å². The molecular weight excluding hydrogens is 654 g/mol. The summed E-state index contributed by atoms with van der Waals surface area (Å²) in [5, 5.41) is 20.3. The summed E-state index contributed by atoms with van der Waals surface area (Å²) in [4.78, 5) is 28.8. The molecule has 1 amide bonds. The monoisotopic (exact) mass is 691 g/mol. The van der Waals surface area contributed by atoms with Crippen LogP contribution in [-0.4, -0.2) is 46.8 Å². The number of anilines is 1. The molecule has 0 bridgehead atoms. The average molecular weight is 692 g/mol. The van der Waals surface area contributed by atoms with Crippen molar-refractivity contribution in [1.82, 2.24) is 10.2 Å². The van der Waals surface area contributed by atoms with E-state index in [1.165, 1.54) is 22.7 Å². The van der Waals surface area contributed by atoms with Crippen molar-refractivity contribution < 1.29 is 33.3 Å². The van der Waals surface area contributed by atoms with Crippen LogP contribution in [0.2, 0.25) is 0 Å². The van der Waals surface area contributed by atoms with Gasteiger partial charge in [0.05, 0.1) is 31.4 Å². The lowest BCUT2D eigenvalue weighted by atomic mass is 9.95. The average Bonchev–Trinajstić information content (AvgIpc) is 3.66. The van der Waals surface area contributed by atoms with Gasteiger partial charge in [0, 0.05) is 11.3 Å². The van der Waals surface area contributed by atoms with E-state index in [0.29, 0.717) is 63.9 Å². The number of carbonyl (C=O) groups is 2. The van der Waals surface area contributed by atoms with Gasteiger partial charge in [-0.15, -0.1) is 10.2 Å². The van der Waals surface area contributed by atoms with E-state index in [1.54, 1.807) is 60.7 Å². The number of Topliss-reactive ketones (excluding diaryl/α,β-unsaturated/α-hetero) is 1. The molecule has 1 aromatic heterocycles. The number of nitrogens with zero attached hydrogens (tertiary/aromatic N) is 3. The lowest BCUT2D eigenvalue weighted by molar-refractivity contribution is -0.132. The fourth-order valence-corrected chi connectivity index (χ4v) is 6.92. The normalized spacial score (nSPS) is 15.6. The summed E-state index contributed by atoms with van der Waals surface area (Å²) in [5.74, 6) is -0.461. The number of aromatic nitrogens is 2. The first kappa shape index (κ1) is 34.9. The van der Waals surface area contributed by atoms with Crippen LogP contribution in [0.4, 0.5) is 9.52 Å². The quantitative estimate of drug-likeness (QED) is 0.0310. The van der Waals surface area contributed by atoms with Gasteiger partial charge in [-0.25, -0.2) is 4.39 Å². The molecule has 0 radical (unpaired) electrons. The first-order valence-electron chi connectivity index (χ1n) is 16.0. The summed E-state index contributed by atoms with van der Waals surface area (Å²) in [6, 6.07) is 17.4. The van der Waals surface area contributed by atoms with Gasteiger partial charge in [0.2, 0.25) is 5.13 Å². The van der Waals surface area contributed by atoms with Gasteiger partial charge in [0.1, 0.15) is 17.3 Å². The number of aliphatic hydroxyl groups is 1. The van der Waals surface area contributed by atoms with Gasteiger partial charge >= 0.3 is 5.91 Å². The van der Waals surface area contributed by atoms with E-state index in [-0.39, 0.29) is 22.3 Å². The van der Waals surface area contributed by atoms with Gasteiger partial charge in [0.15, 0.2) is 15.8 Å². The van der Waals surface area contributed by atoms with Crippen LogP contribution in [0.25, 0.3) is 5.76 Å². The van der Waals surface area contributed by atoms with Crippen molar-refractivity contribution in [2.24, 2.45) is 0 Å². The predicted octanol–water partition coefficient (Wildman–Crippen LogP) is 8.35. The van der Waals surface area contributed by atoms with Gasteiger partial charge in [0.25, 0.3) is 5.78 Å². The molecule has 1 atom stereocenters. The Hall–Kier alpha value is -4.42. The van der Waals surface area contributed by atoms with Crippen LogP contribution in [0, 0.1) is 5.82 Å². The molecule has 1 N–H and O–H groups in total. The minimum atomic E-state index is -1.05. The standard InChI is InChI=1S/C36H38FN3O6S2/c1-4-7-19-45-26-16-13-23(14-17-26)32(41)30-31(24-15-18-28(46-20-8-5-2)29(21-24)44-6-3)40(34(43)33(30)42)35-38-39-36(48-35)47-22-25-11-9-10-12-27(25)37/h9-18,21,31,41H,4-8,19-20,22H2,1-3H3/t31-/m0/s1. The molecule has 12 heteroatoms. The molecule has 0 spiro atoms. The Morgan fingerprint density at radius 3 is 2.35 bits per heavy atom. The van der Waals surface area contributed by atoms with Gasteiger partial charge in [-0.05, 0) is 73.4 Å². The summed E-state index contributed by atoms with van der Waals surface area (Å²) in [6.45, 7) is 7.43. The SMILES string of the molecule is CCCCOc1ccc(C(O)=C2C(=O)C(=O)N(c3nnc(SCc4ccccc4F)s3)[C@H]2c2ccc(OCCCC)c(OCC)c2)cc1. The van der Waals surface area contributed by atoms with Crippen molar-refractivity contribution in [2.75, 3.05) is 24.7 Å². The third-order valence-corrected chi connectivity index (χ3v) is 9.69. The van der Waals surface area contributed by atoms with Crippen molar-refractivity contribution in [2.45, 2.75) is 62.6 Å². The summed E-state index contributed by atoms with van der Waals surface area (Å²) in [7, 11) is 0. The predicted molar refractivity (Wildman–Crippen MR) is 186 cm³/mol. The first-order valence-corrected chi connectivity index (χ1v) is 17.8. The largest absolute Gasteiger partial charge is 0.507 e. The highest BCUT2D eigenvalue weighted by molar-refractivity contribution is 8.00. The maximum absolute atomic E-state index is 14.2. The number of hydrogen-bond donors (Lipinski definition) is 1. The summed E-state index contributed by atoms with van der Waals surface area (Å²) in [6.07, 6.45) is 3.73. The Labute approximate surface area is 287 Å². The van der Waals surface area contributed by atoms with Crippen LogP contribution in [0.3, 0.4) is 0 Å². The zero-order valence-electron chi connectivity index (χ0n) is 27.1. The van der Waals surface area contributed by atoms with E-state index in [0.717, 1.165) is 37.0 Å². The Morgan fingerprint density at radius 2 is 1.65 bits per heavy atom. The minimum absolute atomic E-state index is 0.0995. The third kappa shape index (κ3) is 7.99. The number of carbonyl (C=O) groups excluding carboxylic acids is 2. The second-order valence-electron chi connectivity index (χ2n) is 11.0. The molecular formula is C36H38FN3O6S2. The molecule has 0 unspecified atom stereocenters. The van der Waals surface area contributed by atoms with Crippen LogP contribution in [0.15, 0.2) is 76.6 Å². The van der Waals surface area contributed by atoms with Gasteiger partial charge in [-0.3, -0.25) is 14.5 Å². The van der Waals surface area contributed by atoms with E-state index in [2.05, 4.69) is 24.0 Å². The summed E-state index contributed by atoms with van der Waals surface area (Å²) >= 11 is 2.38. The lowest BCUT2D eigenvalue weighted by Crippen LogP contribution is -2.29. The second-order valence-corrected chi connectivity index (χ2v) is 13.1. The van der Waals surface area contributed by atoms with Crippen LogP contribution in [0.5, 0.6) is 17.2 Å². The molecule has 3 aromatic carbocycles. The first-order chi connectivity index (χ1) is 23.4. The fourth-order valence-electron chi connectivity index (χ4n) is 5.07. The van der Waals surface area contributed by atoms with Crippen LogP contribution < -0.4 is 19.1 Å². The van der Waals surface area contributed by atoms with E-state index >= 15 is 0 Å². The number of unbranched alkanes of at least 4 members (excludes halogenated alkanes) is 2. The zero-order valence-corrected chi connectivity index (χ0v) is 28.7. The number of benzene rings is 3. The smallest absolute Gasteiger partial charge is 0.301 e. The molecule has 48 heavy (non-hydrogen) atoms. The van der Waals surface area contributed by atoms with Gasteiger partial charge in [-0.2, -0.15) is 0 Å². The highest BCUT2D eigenvalue weighted by Gasteiger charge is 2.48. The number of hydrogen-bond acceptors (Lipinski definition) is 10. The Kier molecular flexibility index (Phi) is 12.1. The second kappa shape index (κ2) is 16.6. The molecule has 1 aliphatic heterocycles. The number of thioether (sulfide) groups is 1. The number of halogens is 1. The van der Waals surface area contributed by atoms with Gasteiger partial charge < -0.3 is 19.3 Å². The molecule has 252 valence electrons. The Bertz CT molecular complexity index is 1760. The molecule has 0 saturated carbocycles. The number of ether oxygens (including phenoxy) is 3. The molecule has 9 nitrogen and oxygen atoms in total. The molecule has 1 saturated heterocycles. The minimum Gasteiger partial charge on any atom is -0.507 e. The molecule has 2 heterocycles. The maximum Gasteiger partial charge on any atom is 0.301 e. The van der Waals surface area contributed by atoms with Crippen molar-refractivity contribution >= 4 is 45.7 Å². The lowest BCUT2D eigenvalue weighted by Gasteiger charge is -2.23. The molecule has 1 aliphatic rings. The van der Waals surface area contributed by atoms with E-state index < -0.39 is 17.7 Å².